The van der Waals surface area contributed by atoms with Crippen LogP contribution in [-0.2, 0) is 21.2 Å². The number of carboxylic acids is 1. The van der Waals surface area contributed by atoms with Crippen LogP contribution in [0.2, 0.25) is 0 Å². The molecule has 0 radical (unpaired) electrons. The maximum atomic E-state index is 12.3. The summed E-state index contributed by atoms with van der Waals surface area (Å²) in [6.07, 6.45) is 4.49. The van der Waals surface area contributed by atoms with E-state index in [-0.39, 0.29) is 12.3 Å². The highest BCUT2D eigenvalue weighted by Gasteiger charge is 2.46. The first-order valence-electron chi connectivity index (χ1n) is 7.00. The van der Waals surface area contributed by atoms with Crippen LogP contribution in [0.4, 0.5) is 0 Å². The zero-order valence-electron chi connectivity index (χ0n) is 12.0. The van der Waals surface area contributed by atoms with E-state index in [4.69, 9.17) is 0 Å². The van der Waals surface area contributed by atoms with Gasteiger partial charge in [-0.3, -0.25) is 9.78 Å². The zero-order chi connectivity index (χ0) is 15.5. The number of carbonyl (C=O) groups is 1. The van der Waals surface area contributed by atoms with Gasteiger partial charge in [-0.2, -0.15) is 0 Å². The molecule has 116 valence electrons. The van der Waals surface area contributed by atoms with E-state index in [2.05, 4.69) is 4.98 Å². The van der Waals surface area contributed by atoms with E-state index in [0.29, 0.717) is 25.8 Å². The molecular weight excluding hydrogens is 292 g/mol. The molecule has 1 aliphatic heterocycles. The molecule has 0 spiro atoms. The Kier molecular flexibility index (Phi) is 4.63. The maximum Gasteiger partial charge on any atom is 0.311 e. The van der Waals surface area contributed by atoms with Gasteiger partial charge in [0.1, 0.15) is 0 Å². The average molecular weight is 312 g/mol. The second-order valence-electron chi connectivity index (χ2n) is 5.44. The highest BCUT2D eigenvalue weighted by atomic mass is 32.2. The minimum absolute atomic E-state index is 0.00354. The van der Waals surface area contributed by atoms with Crippen molar-refractivity contribution in [3.8, 4) is 0 Å². The molecule has 1 fully saturated rings. The molecule has 1 aromatic heterocycles. The molecule has 2 rings (SSSR count). The lowest BCUT2D eigenvalue weighted by Crippen LogP contribution is -2.37. The van der Waals surface area contributed by atoms with Crippen molar-refractivity contribution in [3.63, 3.8) is 0 Å². The van der Waals surface area contributed by atoms with Crippen LogP contribution in [0.3, 0.4) is 0 Å². The molecule has 1 aliphatic rings. The largest absolute Gasteiger partial charge is 0.481 e. The van der Waals surface area contributed by atoms with Crippen LogP contribution in [0, 0.1) is 5.41 Å². The Bertz CT molecular complexity index is 603. The van der Waals surface area contributed by atoms with E-state index in [1.807, 2.05) is 0 Å². The van der Waals surface area contributed by atoms with E-state index in [9.17, 15) is 18.3 Å². The van der Waals surface area contributed by atoms with Gasteiger partial charge in [0.25, 0.3) is 0 Å². The summed E-state index contributed by atoms with van der Waals surface area (Å²) in [5.41, 5.74) is -0.0169. The Balaban J connectivity index is 2.03. The predicted octanol–water partition coefficient (Wildman–Crippen LogP) is 1.14. The van der Waals surface area contributed by atoms with E-state index >= 15 is 0 Å². The van der Waals surface area contributed by atoms with Gasteiger partial charge in [0.2, 0.25) is 10.0 Å². The fourth-order valence-corrected chi connectivity index (χ4v) is 4.18. The molecule has 2 heterocycles. The van der Waals surface area contributed by atoms with Gasteiger partial charge in [0.15, 0.2) is 0 Å². The topological polar surface area (TPSA) is 87.6 Å². The van der Waals surface area contributed by atoms with E-state index in [1.165, 1.54) is 4.31 Å². The Labute approximate surface area is 124 Å². The Morgan fingerprint density at radius 1 is 1.43 bits per heavy atom. The minimum Gasteiger partial charge on any atom is -0.481 e. The van der Waals surface area contributed by atoms with E-state index in [1.54, 1.807) is 31.5 Å². The molecule has 0 saturated carbocycles. The Morgan fingerprint density at radius 3 is 2.62 bits per heavy atom. The third-order valence-corrected chi connectivity index (χ3v) is 6.06. The number of aliphatic carboxylic acids is 1. The van der Waals surface area contributed by atoms with E-state index < -0.39 is 21.4 Å². The van der Waals surface area contributed by atoms with Gasteiger partial charge in [-0.15, -0.1) is 0 Å². The summed E-state index contributed by atoms with van der Waals surface area (Å²) in [5.74, 6) is -0.909. The molecule has 1 aromatic rings. The summed E-state index contributed by atoms with van der Waals surface area (Å²) < 4.78 is 26.0. The summed E-state index contributed by atoms with van der Waals surface area (Å²) in [7, 11) is -3.42. The molecule has 6 nitrogen and oxygen atoms in total. The van der Waals surface area contributed by atoms with Crippen molar-refractivity contribution < 1.29 is 18.3 Å². The van der Waals surface area contributed by atoms with Crippen molar-refractivity contribution in [1.82, 2.24) is 9.29 Å². The van der Waals surface area contributed by atoms with Crippen LogP contribution in [0.1, 0.15) is 25.3 Å². The number of hydrogen-bond acceptors (Lipinski definition) is 4. The predicted molar refractivity (Wildman–Crippen MR) is 78.3 cm³/mol. The van der Waals surface area contributed by atoms with Crippen molar-refractivity contribution in [1.29, 1.82) is 0 Å². The lowest BCUT2D eigenvalue weighted by atomic mass is 9.85. The van der Waals surface area contributed by atoms with Gasteiger partial charge < -0.3 is 5.11 Å². The smallest absolute Gasteiger partial charge is 0.311 e. The van der Waals surface area contributed by atoms with Gasteiger partial charge >= 0.3 is 5.97 Å². The van der Waals surface area contributed by atoms with Crippen LogP contribution >= 0.6 is 0 Å². The summed E-state index contributed by atoms with van der Waals surface area (Å²) >= 11 is 0. The van der Waals surface area contributed by atoms with Crippen LogP contribution in [0.15, 0.2) is 24.5 Å². The fraction of sp³-hybridized carbons (Fsp3) is 0.571. The Morgan fingerprint density at radius 2 is 2.10 bits per heavy atom. The number of sulfonamides is 1. The standard InChI is InChI=1S/C14H20N2O4S/c1-2-14(13(17)18)6-9-16(11-14)21(19,20)10-5-12-3-7-15-8-4-12/h3-4,7-8H,2,5-6,9-11H2,1H3,(H,17,18). The van der Waals surface area contributed by atoms with Gasteiger partial charge in [0, 0.05) is 25.5 Å². The third kappa shape index (κ3) is 3.41. The first-order chi connectivity index (χ1) is 9.89. The number of pyridine rings is 1. The van der Waals surface area contributed by atoms with Gasteiger partial charge in [-0.1, -0.05) is 6.92 Å². The summed E-state index contributed by atoms with van der Waals surface area (Å²) in [6, 6.07) is 3.57. The number of nitrogens with zero attached hydrogens (tertiary/aromatic N) is 2. The minimum atomic E-state index is -3.42. The molecule has 21 heavy (non-hydrogen) atoms. The monoisotopic (exact) mass is 312 g/mol. The lowest BCUT2D eigenvalue weighted by molar-refractivity contribution is -0.148. The van der Waals surface area contributed by atoms with Crippen LogP contribution in [0.25, 0.3) is 0 Å². The SMILES string of the molecule is CCC1(C(=O)O)CCN(S(=O)(=O)CCc2ccncc2)C1. The van der Waals surface area contributed by atoms with Crippen LogP contribution in [-0.4, -0.2) is 47.6 Å². The second kappa shape index (κ2) is 6.11. The van der Waals surface area contributed by atoms with Crippen LogP contribution < -0.4 is 0 Å². The number of hydrogen-bond donors (Lipinski definition) is 1. The number of aryl methyl sites for hydroxylation is 1. The molecular formula is C14H20N2O4S. The molecule has 7 heteroatoms. The van der Waals surface area contributed by atoms with E-state index in [0.717, 1.165) is 5.56 Å². The molecule has 0 aromatic carbocycles. The Hall–Kier alpha value is -1.47. The van der Waals surface area contributed by atoms with Crippen molar-refractivity contribution in [2.24, 2.45) is 5.41 Å². The van der Waals surface area contributed by atoms with Crippen molar-refractivity contribution >= 4 is 16.0 Å². The number of aromatic nitrogens is 1. The molecule has 0 aliphatic carbocycles. The quantitative estimate of drug-likeness (QED) is 0.851. The summed E-state index contributed by atoms with van der Waals surface area (Å²) in [4.78, 5) is 15.3. The molecule has 0 amide bonds. The fourth-order valence-electron chi connectivity index (χ4n) is 2.61. The zero-order valence-corrected chi connectivity index (χ0v) is 12.8. The molecule has 0 bridgehead atoms. The highest BCUT2D eigenvalue weighted by molar-refractivity contribution is 7.89. The highest BCUT2D eigenvalue weighted by Crippen LogP contribution is 2.35. The summed E-state index contributed by atoms with van der Waals surface area (Å²) in [5, 5.41) is 9.33. The number of carboxylic acid groups (broad SMARTS) is 1. The maximum absolute atomic E-state index is 12.3. The normalized spacial score (nSPS) is 23.3. The molecule has 1 unspecified atom stereocenters. The van der Waals surface area contributed by atoms with Crippen molar-refractivity contribution in [2.75, 3.05) is 18.8 Å². The molecule has 1 saturated heterocycles. The molecule has 1 atom stereocenters. The molecule has 1 N–H and O–H groups in total. The van der Waals surface area contributed by atoms with Crippen LogP contribution in [0.5, 0.6) is 0 Å². The van der Waals surface area contributed by atoms with Crippen molar-refractivity contribution in [3.05, 3.63) is 30.1 Å². The summed E-state index contributed by atoms with van der Waals surface area (Å²) in [6.45, 7) is 2.16. The first-order valence-corrected chi connectivity index (χ1v) is 8.61. The average Bonchev–Trinajstić information content (AvgIpc) is 2.93. The van der Waals surface area contributed by atoms with Gasteiger partial charge in [-0.25, -0.2) is 12.7 Å². The third-order valence-electron chi connectivity index (χ3n) is 4.24. The first kappa shape index (κ1) is 15.9. The number of rotatable bonds is 6. The second-order valence-corrected chi connectivity index (χ2v) is 7.53. The van der Waals surface area contributed by atoms with Crippen molar-refractivity contribution in [2.45, 2.75) is 26.2 Å². The lowest BCUT2D eigenvalue weighted by Gasteiger charge is -2.22. The van der Waals surface area contributed by atoms with Gasteiger partial charge in [-0.05, 0) is 37.0 Å². The van der Waals surface area contributed by atoms with Gasteiger partial charge in [0.05, 0.1) is 11.2 Å².